The van der Waals surface area contributed by atoms with Gasteiger partial charge in [0.1, 0.15) is 0 Å². The lowest BCUT2D eigenvalue weighted by molar-refractivity contribution is 0.0926. The van der Waals surface area contributed by atoms with Crippen molar-refractivity contribution in [3.8, 4) is 5.69 Å². The van der Waals surface area contributed by atoms with E-state index >= 15 is 0 Å². The number of carbonyl (C=O) groups excluding carboxylic acids is 1. The molecule has 1 aliphatic heterocycles. The van der Waals surface area contributed by atoms with Crippen LogP contribution >= 0.6 is 11.6 Å². The van der Waals surface area contributed by atoms with Crippen LogP contribution in [0.4, 0.5) is 5.69 Å². The zero-order valence-corrected chi connectivity index (χ0v) is 17.7. The van der Waals surface area contributed by atoms with Gasteiger partial charge in [-0.05, 0) is 31.2 Å². The van der Waals surface area contributed by atoms with E-state index < -0.39 is 0 Å². The highest BCUT2D eigenvalue weighted by atomic mass is 35.5. The summed E-state index contributed by atoms with van der Waals surface area (Å²) in [6.45, 7) is 6.58. The Morgan fingerprint density at radius 3 is 2.50 bits per heavy atom. The number of nitrogens with zero attached hydrogens (tertiary/aromatic N) is 5. The molecule has 7 nitrogen and oxygen atoms in total. The van der Waals surface area contributed by atoms with E-state index in [0.717, 1.165) is 26.2 Å². The number of nitrogens with one attached hydrogen (secondary N) is 1. The van der Waals surface area contributed by atoms with Gasteiger partial charge in [-0.3, -0.25) is 9.69 Å². The van der Waals surface area contributed by atoms with Crippen molar-refractivity contribution in [2.45, 2.75) is 13.0 Å². The van der Waals surface area contributed by atoms with Crippen LogP contribution in [0.5, 0.6) is 0 Å². The van der Waals surface area contributed by atoms with Crippen molar-refractivity contribution in [2.24, 2.45) is 0 Å². The van der Waals surface area contributed by atoms with Crippen LogP contribution in [-0.4, -0.2) is 64.6 Å². The van der Waals surface area contributed by atoms with Gasteiger partial charge in [-0.1, -0.05) is 47.1 Å². The number of carbonyl (C=O) groups is 1. The maximum absolute atomic E-state index is 12.8. The zero-order chi connectivity index (χ0) is 20.9. The quantitative estimate of drug-likeness (QED) is 0.659. The van der Waals surface area contributed by atoms with E-state index in [2.05, 4.69) is 56.6 Å². The zero-order valence-electron chi connectivity index (χ0n) is 16.9. The van der Waals surface area contributed by atoms with E-state index in [9.17, 15) is 4.79 Å². The fraction of sp³-hybridized carbons (Fsp3) is 0.318. The number of hydrogen-bond donors (Lipinski definition) is 1. The number of para-hydroxylation sites is 2. The number of anilines is 1. The van der Waals surface area contributed by atoms with Gasteiger partial charge in [0.25, 0.3) is 5.91 Å². The molecule has 8 heteroatoms. The van der Waals surface area contributed by atoms with Gasteiger partial charge in [-0.2, -0.15) is 0 Å². The maximum atomic E-state index is 12.8. The molecule has 1 N–H and O–H groups in total. The van der Waals surface area contributed by atoms with Crippen LogP contribution in [0.2, 0.25) is 5.02 Å². The monoisotopic (exact) mass is 424 g/mol. The molecule has 1 aliphatic rings. The summed E-state index contributed by atoms with van der Waals surface area (Å²) in [6.07, 6.45) is 1.46. The number of piperazine rings is 1. The second kappa shape index (κ2) is 9.28. The molecule has 0 bridgehead atoms. The lowest BCUT2D eigenvalue weighted by Gasteiger charge is -2.39. The average molecular weight is 425 g/mol. The third-order valence-corrected chi connectivity index (χ3v) is 5.80. The van der Waals surface area contributed by atoms with Gasteiger partial charge in [-0.25, -0.2) is 4.68 Å². The van der Waals surface area contributed by atoms with E-state index in [-0.39, 0.29) is 11.9 Å². The molecule has 1 amide bonds. The molecule has 3 aromatic rings. The van der Waals surface area contributed by atoms with E-state index in [1.807, 2.05) is 24.3 Å². The third-order valence-electron chi connectivity index (χ3n) is 5.48. The summed E-state index contributed by atoms with van der Waals surface area (Å²) in [6, 6.07) is 18.0. The van der Waals surface area contributed by atoms with Crippen LogP contribution in [0.3, 0.4) is 0 Å². The first kappa shape index (κ1) is 20.4. The number of rotatable bonds is 6. The smallest absolute Gasteiger partial charge is 0.271 e. The molecule has 1 fully saturated rings. The Kier molecular flexibility index (Phi) is 6.30. The third kappa shape index (κ3) is 4.47. The standard InChI is InChI=1S/C22H25ClN6O/c1-17(27-11-13-28(14-12-27)18-7-3-2-4-8-18)15-24-22(30)21-16-25-26-29(21)20-10-6-5-9-19(20)23/h2-10,16-17H,11-15H2,1H3,(H,24,30)/t17-/m1/s1. The number of benzene rings is 2. The van der Waals surface area contributed by atoms with E-state index in [1.165, 1.54) is 16.6 Å². The van der Waals surface area contributed by atoms with Crippen molar-refractivity contribution in [3.63, 3.8) is 0 Å². The van der Waals surface area contributed by atoms with Crippen LogP contribution < -0.4 is 10.2 Å². The topological polar surface area (TPSA) is 66.3 Å². The first-order chi connectivity index (χ1) is 14.6. The largest absolute Gasteiger partial charge is 0.369 e. The fourth-order valence-corrected chi connectivity index (χ4v) is 3.93. The van der Waals surface area contributed by atoms with Crippen LogP contribution in [0.1, 0.15) is 17.4 Å². The Morgan fingerprint density at radius 1 is 1.07 bits per heavy atom. The highest BCUT2D eigenvalue weighted by Gasteiger charge is 2.23. The lowest BCUT2D eigenvalue weighted by atomic mass is 10.2. The van der Waals surface area contributed by atoms with Crippen molar-refractivity contribution in [1.82, 2.24) is 25.2 Å². The van der Waals surface area contributed by atoms with Gasteiger partial charge >= 0.3 is 0 Å². The second-order valence-electron chi connectivity index (χ2n) is 7.40. The minimum atomic E-state index is -0.213. The number of hydrogen-bond acceptors (Lipinski definition) is 5. The van der Waals surface area contributed by atoms with E-state index in [4.69, 9.17) is 11.6 Å². The van der Waals surface area contributed by atoms with Crippen molar-refractivity contribution in [3.05, 3.63) is 71.5 Å². The number of amides is 1. The minimum absolute atomic E-state index is 0.213. The highest BCUT2D eigenvalue weighted by molar-refractivity contribution is 6.32. The SMILES string of the molecule is C[C@H](CNC(=O)c1cnnn1-c1ccccc1Cl)N1CCN(c2ccccc2)CC1. The van der Waals surface area contributed by atoms with Crippen LogP contribution in [-0.2, 0) is 0 Å². The molecule has 1 aromatic heterocycles. The van der Waals surface area contributed by atoms with Gasteiger partial charge in [0.05, 0.1) is 16.9 Å². The Bertz CT molecular complexity index is 984. The molecule has 2 aromatic carbocycles. The maximum Gasteiger partial charge on any atom is 0.271 e. The molecule has 0 spiro atoms. The summed E-state index contributed by atoms with van der Waals surface area (Å²) in [5.41, 5.74) is 2.26. The van der Waals surface area contributed by atoms with Gasteiger partial charge in [-0.15, -0.1) is 5.10 Å². The number of halogens is 1. The van der Waals surface area contributed by atoms with Crippen LogP contribution in [0, 0.1) is 0 Å². The fourth-order valence-electron chi connectivity index (χ4n) is 3.71. The predicted molar refractivity (Wildman–Crippen MR) is 118 cm³/mol. The Hall–Kier alpha value is -2.90. The summed E-state index contributed by atoms with van der Waals surface area (Å²) in [4.78, 5) is 17.6. The molecule has 2 heterocycles. The van der Waals surface area contributed by atoms with Gasteiger partial charge < -0.3 is 10.2 Å². The Morgan fingerprint density at radius 2 is 1.77 bits per heavy atom. The summed E-state index contributed by atoms with van der Waals surface area (Å²) < 4.78 is 1.47. The molecule has 0 radical (unpaired) electrons. The highest BCUT2D eigenvalue weighted by Crippen LogP contribution is 2.20. The molecule has 4 rings (SSSR count). The van der Waals surface area contributed by atoms with Gasteiger partial charge in [0, 0.05) is 44.5 Å². The summed E-state index contributed by atoms with van der Waals surface area (Å²) in [7, 11) is 0. The molecule has 0 unspecified atom stereocenters. The second-order valence-corrected chi connectivity index (χ2v) is 7.81. The molecular weight excluding hydrogens is 400 g/mol. The van der Waals surface area contributed by atoms with Crippen molar-refractivity contribution in [1.29, 1.82) is 0 Å². The van der Waals surface area contributed by atoms with Gasteiger partial charge in [0.15, 0.2) is 5.69 Å². The first-order valence-electron chi connectivity index (χ1n) is 10.1. The Balaban J connectivity index is 1.32. The lowest BCUT2D eigenvalue weighted by Crippen LogP contribution is -2.52. The van der Waals surface area contributed by atoms with Crippen LogP contribution in [0.15, 0.2) is 60.8 Å². The predicted octanol–water partition coefficient (Wildman–Crippen LogP) is 2.86. The van der Waals surface area contributed by atoms with Crippen molar-refractivity contribution < 1.29 is 4.79 Å². The van der Waals surface area contributed by atoms with Crippen LogP contribution in [0.25, 0.3) is 5.69 Å². The van der Waals surface area contributed by atoms with Crippen molar-refractivity contribution in [2.75, 3.05) is 37.6 Å². The normalized spacial score (nSPS) is 15.7. The molecule has 156 valence electrons. The molecule has 1 atom stereocenters. The summed E-state index contributed by atoms with van der Waals surface area (Å²) in [5, 5.41) is 11.5. The minimum Gasteiger partial charge on any atom is -0.369 e. The number of aromatic nitrogens is 3. The molecule has 30 heavy (non-hydrogen) atoms. The Labute approximate surface area is 181 Å². The first-order valence-corrected chi connectivity index (χ1v) is 10.5. The molecule has 1 saturated heterocycles. The van der Waals surface area contributed by atoms with E-state index in [0.29, 0.717) is 22.9 Å². The van der Waals surface area contributed by atoms with E-state index in [1.54, 1.807) is 6.07 Å². The van der Waals surface area contributed by atoms with Crippen molar-refractivity contribution >= 4 is 23.2 Å². The summed E-state index contributed by atoms with van der Waals surface area (Å²) in [5.74, 6) is -0.213. The molecule has 0 saturated carbocycles. The molecular formula is C22H25ClN6O. The molecule has 0 aliphatic carbocycles. The van der Waals surface area contributed by atoms with Gasteiger partial charge in [0.2, 0.25) is 0 Å². The average Bonchev–Trinajstić information content (AvgIpc) is 3.28. The summed E-state index contributed by atoms with van der Waals surface area (Å²) >= 11 is 6.25.